The molecule has 72 valence electrons. The maximum absolute atomic E-state index is 9.61. The van der Waals surface area contributed by atoms with E-state index in [0.717, 1.165) is 12.8 Å². The minimum absolute atomic E-state index is 0.0205. The molecule has 0 radical (unpaired) electrons. The van der Waals surface area contributed by atoms with Gasteiger partial charge >= 0.3 is 0 Å². The van der Waals surface area contributed by atoms with Crippen LogP contribution in [0.4, 0.5) is 0 Å². The first-order valence-electron chi connectivity index (χ1n) is 4.53. The van der Waals surface area contributed by atoms with Crippen molar-refractivity contribution in [2.75, 3.05) is 0 Å². The van der Waals surface area contributed by atoms with E-state index in [1.807, 2.05) is 0 Å². The Morgan fingerprint density at radius 3 is 2.43 bits per heavy atom. The molecule has 0 spiro atoms. The van der Waals surface area contributed by atoms with Crippen LogP contribution in [0.2, 0.25) is 0 Å². The minimum atomic E-state index is -0.497. The third kappa shape index (κ3) is 1.12. The molecule has 0 aliphatic heterocycles. The van der Waals surface area contributed by atoms with Crippen molar-refractivity contribution >= 4 is 0 Å². The van der Waals surface area contributed by atoms with Gasteiger partial charge in [-0.2, -0.15) is 5.26 Å². The third-order valence-corrected chi connectivity index (χ3v) is 2.79. The summed E-state index contributed by atoms with van der Waals surface area (Å²) in [6.45, 7) is 1.76. The molecule has 1 aliphatic rings. The van der Waals surface area contributed by atoms with Gasteiger partial charge in [-0.15, -0.1) is 0 Å². The van der Waals surface area contributed by atoms with E-state index < -0.39 is 5.41 Å². The molecule has 0 unspecified atom stereocenters. The molecule has 3 heteroatoms. The molecule has 14 heavy (non-hydrogen) atoms. The van der Waals surface area contributed by atoms with E-state index in [4.69, 9.17) is 5.26 Å². The van der Waals surface area contributed by atoms with E-state index in [1.165, 1.54) is 6.07 Å². The van der Waals surface area contributed by atoms with Crippen molar-refractivity contribution in [3.05, 3.63) is 23.3 Å². The van der Waals surface area contributed by atoms with Crippen molar-refractivity contribution in [1.82, 2.24) is 0 Å². The number of hydrogen-bond acceptors (Lipinski definition) is 3. The van der Waals surface area contributed by atoms with Crippen LogP contribution in [0.15, 0.2) is 12.1 Å². The normalized spacial score (nSPS) is 17.4. The van der Waals surface area contributed by atoms with Crippen molar-refractivity contribution in [3.63, 3.8) is 0 Å². The molecule has 1 aromatic carbocycles. The van der Waals surface area contributed by atoms with Crippen LogP contribution in [0.25, 0.3) is 0 Å². The number of nitrogens with zero attached hydrogens (tertiary/aromatic N) is 1. The van der Waals surface area contributed by atoms with E-state index in [9.17, 15) is 10.2 Å². The van der Waals surface area contributed by atoms with Gasteiger partial charge in [0.15, 0.2) is 0 Å². The molecule has 0 heterocycles. The lowest BCUT2D eigenvalue weighted by Crippen LogP contribution is -2.03. The van der Waals surface area contributed by atoms with Gasteiger partial charge < -0.3 is 10.2 Å². The Labute approximate surface area is 82.2 Å². The summed E-state index contributed by atoms with van der Waals surface area (Å²) in [5.74, 6) is 0.0899. The molecule has 2 rings (SSSR count). The second kappa shape index (κ2) is 2.65. The first-order chi connectivity index (χ1) is 6.59. The van der Waals surface area contributed by atoms with Crippen molar-refractivity contribution < 1.29 is 10.2 Å². The maximum Gasteiger partial charge on any atom is 0.124 e. The lowest BCUT2D eigenvalue weighted by Gasteiger charge is -2.10. The molecule has 0 bridgehead atoms. The Balaban J connectivity index is 2.55. The Kier molecular flexibility index (Phi) is 1.68. The molecular formula is C11H11NO2. The summed E-state index contributed by atoms with van der Waals surface area (Å²) in [7, 11) is 0. The zero-order chi connectivity index (χ0) is 10.3. The smallest absolute Gasteiger partial charge is 0.124 e. The lowest BCUT2D eigenvalue weighted by molar-refractivity contribution is 0.441. The van der Waals surface area contributed by atoms with E-state index in [1.54, 1.807) is 13.0 Å². The lowest BCUT2D eigenvalue weighted by atomic mass is 9.95. The van der Waals surface area contributed by atoms with Crippen LogP contribution < -0.4 is 0 Å². The number of aryl methyl sites for hydroxylation is 1. The molecule has 0 saturated heterocycles. The average Bonchev–Trinajstić information content (AvgIpc) is 2.92. The van der Waals surface area contributed by atoms with E-state index in [0.29, 0.717) is 11.1 Å². The van der Waals surface area contributed by atoms with Crippen LogP contribution in [-0.4, -0.2) is 10.2 Å². The highest BCUT2D eigenvalue weighted by molar-refractivity contribution is 5.53. The largest absolute Gasteiger partial charge is 0.508 e. The highest BCUT2D eigenvalue weighted by atomic mass is 16.3. The molecule has 1 saturated carbocycles. The highest BCUT2D eigenvalue weighted by Crippen LogP contribution is 2.51. The number of phenols is 2. The fourth-order valence-electron chi connectivity index (χ4n) is 1.64. The van der Waals surface area contributed by atoms with Gasteiger partial charge in [0.25, 0.3) is 0 Å². The van der Waals surface area contributed by atoms with E-state index in [-0.39, 0.29) is 11.5 Å². The summed E-state index contributed by atoms with van der Waals surface area (Å²) in [4.78, 5) is 0. The molecule has 0 aromatic heterocycles. The quantitative estimate of drug-likeness (QED) is 0.709. The molecule has 2 N–H and O–H groups in total. The fourth-order valence-corrected chi connectivity index (χ4v) is 1.64. The maximum atomic E-state index is 9.61. The zero-order valence-corrected chi connectivity index (χ0v) is 7.91. The van der Waals surface area contributed by atoms with Gasteiger partial charge in [-0.1, -0.05) is 0 Å². The SMILES string of the molecule is Cc1cc(C2(C#N)CC2)c(O)cc1O. The number of benzene rings is 1. The number of rotatable bonds is 1. The summed E-state index contributed by atoms with van der Waals surface area (Å²) in [5, 5.41) is 27.9. The number of aromatic hydroxyl groups is 2. The van der Waals surface area contributed by atoms with Crippen LogP contribution in [-0.2, 0) is 5.41 Å². The topological polar surface area (TPSA) is 64.2 Å². The van der Waals surface area contributed by atoms with Crippen LogP contribution in [0.5, 0.6) is 11.5 Å². The van der Waals surface area contributed by atoms with Crippen LogP contribution in [0.3, 0.4) is 0 Å². The predicted octanol–water partition coefficient (Wildman–Crippen LogP) is 1.96. The number of nitriles is 1. The van der Waals surface area contributed by atoms with Crippen molar-refractivity contribution in [2.45, 2.75) is 25.2 Å². The van der Waals surface area contributed by atoms with E-state index >= 15 is 0 Å². The molecule has 1 aliphatic carbocycles. The summed E-state index contributed by atoms with van der Waals surface area (Å²) in [6.07, 6.45) is 1.59. The Hall–Kier alpha value is -1.69. The van der Waals surface area contributed by atoms with Gasteiger partial charge in [-0.25, -0.2) is 0 Å². The number of phenolic OH excluding ortho intramolecular Hbond substituents is 2. The monoisotopic (exact) mass is 189 g/mol. The molecule has 0 atom stereocenters. The average molecular weight is 189 g/mol. The molecule has 0 amide bonds. The predicted molar refractivity (Wildman–Crippen MR) is 51.0 cm³/mol. The second-order valence-electron chi connectivity index (χ2n) is 3.85. The van der Waals surface area contributed by atoms with Crippen LogP contribution >= 0.6 is 0 Å². The van der Waals surface area contributed by atoms with E-state index in [2.05, 4.69) is 6.07 Å². The Morgan fingerprint density at radius 1 is 1.29 bits per heavy atom. The summed E-state index contributed by atoms with van der Waals surface area (Å²) < 4.78 is 0. The van der Waals surface area contributed by atoms with Gasteiger partial charge in [0.05, 0.1) is 11.5 Å². The van der Waals surface area contributed by atoms with Gasteiger partial charge in [-0.3, -0.25) is 0 Å². The first kappa shape index (κ1) is 8.89. The fraction of sp³-hybridized carbons (Fsp3) is 0.364. The standard InChI is InChI=1S/C11H11NO2/c1-7-4-8(10(14)5-9(7)13)11(6-12)2-3-11/h4-5,13-14H,2-3H2,1H3. The van der Waals surface area contributed by atoms with Crippen LogP contribution in [0.1, 0.15) is 24.0 Å². The zero-order valence-electron chi connectivity index (χ0n) is 7.91. The highest BCUT2D eigenvalue weighted by Gasteiger charge is 2.46. The van der Waals surface area contributed by atoms with Crippen molar-refractivity contribution in [1.29, 1.82) is 5.26 Å². The summed E-state index contributed by atoms with van der Waals surface area (Å²) in [6, 6.07) is 5.22. The second-order valence-corrected chi connectivity index (χ2v) is 3.85. The molecule has 3 nitrogen and oxygen atoms in total. The van der Waals surface area contributed by atoms with Gasteiger partial charge in [0.2, 0.25) is 0 Å². The Morgan fingerprint density at radius 2 is 1.93 bits per heavy atom. The molecule has 1 fully saturated rings. The number of hydrogen-bond donors (Lipinski definition) is 2. The van der Waals surface area contributed by atoms with Gasteiger partial charge in [0, 0.05) is 11.6 Å². The minimum Gasteiger partial charge on any atom is -0.508 e. The van der Waals surface area contributed by atoms with Crippen LogP contribution in [0, 0.1) is 18.3 Å². The summed E-state index contributed by atoms with van der Waals surface area (Å²) >= 11 is 0. The van der Waals surface area contributed by atoms with Crippen molar-refractivity contribution in [2.24, 2.45) is 0 Å². The van der Waals surface area contributed by atoms with Gasteiger partial charge in [0.1, 0.15) is 11.5 Å². The summed E-state index contributed by atoms with van der Waals surface area (Å²) in [5.41, 5.74) is 0.845. The molecule has 1 aromatic rings. The first-order valence-corrected chi connectivity index (χ1v) is 4.53. The van der Waals surface area contributed by atoms with Gasteiger partial charge in [-0.05, 0) is 31.4 Å². The van der Waals surface area contributed by atoms with Crippen molar-refractivity contribution in [3.8, 4) is 17.6 Å². The third-order valence-electron chi connectivity index (χ3n) is 2.79. The Bertz CT molecular complexity index is 428. The molecular weight excluding hydrogens is 178 g/mol.